The van der Waals surface area contributed by atoms with Crippen LogP contribution in [-0.2, 0) is 4.74 Å². The van der Waals surface area contributed by atoms with Crippen LogP contribution in [0.15, 0.2) is 36.4 Å². The highest BCUT2D eigenvalue weighted by molar-refractivity contribution is 5.93. The number of benzene rings is 1. The van der Waals surface area contributed by atoms with E-state index in [4.69, 9.17) is 4.74 Å². The van der Waals surface area contributed by atoms with E-state index in [-0.39, 0.29) is 18.0 Å². The number of ether oxygens (including phenoxy) is 1. The Morgan fingerprint density at radius 1 is 1.14 bits per heavy atom. The second-order valence-electron chi connectivity index (χ2n) is 6.94. The van der Waals surface area contributed by atoms with Crippen molar-refractivity contribution < 1.29 is 14.3 Å². The Morgan fingerprint density at radius 2 is 1.83 bits per heavy atom. The molecule has 1 saturated heterocycles. The smallest absolute Gasteiger partial charge is 0.409 e. The van der Waals surface area contributed by atoms with Crippen molar-refractivity contribution in [2.24, 2.45) is 0 Å². The number of anilines is 1. The number of carbonyl (C=O) groups is 2. The number of amides is 2. The molecule has 1 atom stereocenters. The summed E-state index contributed by atoms with van der Waals surface area (Å²) in [6.45, 7) is 8.22. The van der Waals surface area contributed by atoms with E-state index in [2.05, 4.69) is 20.2 Å². The Balaban J connectivity index is 1.67. The lowest BCUT2D eigenvalue weighted by atomic mass is 10.1. The Labute approximate surface area is 170 Å². The third-order valence-electron chi connectivity index (χ3n) is 4.83. The molecule has 1 N–H and O–H groups in total. The topological polar surface area (TPSA) is 87.7 Å². The predicted molar refractivity (Wildman–Crippen MR) is 110 cm³/mol. The molecule has 0 aliphatic carbocycles. The number of carbonyl (C=O) groups excluding carboxylic acids is 2. The summed E-state index contributed by atoms with van der Waals surface area (Å²) in [6.07, 6.45) is -0.291. The van der Waals surface area contributed by atoms with Gasteiger partial charge in [0.25, 0.3) is 5.91 Å². The van der Waals surface area contributed by atoms with Crippen molar-refractivity contribution in [2.75, 3.05) is 37.7 Å². The SMILES string of the molecule is CCOC(=O)N1CCN(c2cc(C(=O)NC(C)c3ccccc3)nc(C)n2)CC1. The third-order valence-corrected chi connectivity index (χ3v) is 4.83. The van der Waals surface area contributed by atoms with Gasteiger partial charge in [0.15, 0.2) is 0 Å². The van der Waals surface area contributed by atoms with Gasteiger partial charge in [-0.05, 0) is 26.3 Å². The second-order valence-corrected chi connectivity index (χ2v) is 6.94. The zero-order valence-corrected chi connectivity index (χ0v) is 17.1. The molecule has 1 fully saturated rings. The van der Waals surface area contributed by atoms with E-state index in [0.29, 0.717) is 50.1 Å². The number of piperazine rings is 1. The zero-order valence-electron chi connectivity index (χ0n) is 17.1. The first-order valence-electron chi connectivity index (χ1n) is 9.86. The summed E-state index contributed by atoms with van der Waals surface area (Å²) in [6, 6.07) is 11.4. The van der Waals surface area contributed by atoms with Gasteiger partial charge in [-0.15, -0.1) is 0 Å². The highest BCUT2D eigenvalue weighted by atomic mass is 16.6. The van der Waals surface area contributed by atoms with Gasteiger partial charge in [0.1, 0.15) is 17.3 Å². The monoisotopic (exact) mass is 397 g/mol. The molecule has 8 nitrogen and oxygen atoms in total. The van der Waals surface area contributed by atoms with Crippen LogP contribution in [0.4, 0.5) is 10.6 Å². The molecule has 2 amide bonds. The van der Waals surface area contributed by atoms with Gasteiger partial charge in [0, 0.05) is 32.2 Å². The molecule has 0 radical (unpaired) electrons. The van der Waals surface area contributed by atoms with Crippen LogP contribution in [0.3, 0.4) is 0 Å². The first-order chi connectivity index (χ1) is 14.0. The Hall–Kier alpha value is -3.16. The highest BCUT2D eigenvalue weighted by Gasteiger charge is 2.24. The van der Waals surface area contributed by atoms with Crippen molar-refractivity contribution in [2.45, 2.75) is 26.8 Å². The molecule has 29 heavy (non-hydrogen) atoms. The highest BCUT2D eigenvalue weighted by Crippen LogP contribution is 2.17. The van der Waals surface area contributed by atoms with Gasteiger partial charge in [-0.1, -0.05) is 30.3 Å². The molecule has 0 spiro atoms. The minimum absolute atomic E-state index is 0.129. The fourth-order valence-electron chi connectivity index (χ4n) is 3.26. The lowest BCUT2D eigenvalue weighted by molar-refractivity contribution is 0.0934. The molecule has 2 heterocycles. The van der Waals surface area contributed by atoms with Crippen molar-refractivity contribution in [1.82, 2.24) is 20.2 Å². The van der Waals surface area contributed by atoms with Gasteiger partial charge < -0.3 is 19.9 Å². The summed E-state index contributed by atoms with van der Waals surface area (Å²) in [4.78, 5) is 37.1. The normalized spacial score (nSPS) is 15.0. The Morgan fingerprint density at radius 3 is 2.48 bits per heavy atom. The zero-order chi connectivity index (χ0) is 20.8. The summed E-state index contributed by atoms with van der Waals surface area (Å²) < 4.78 is 5.06. The van der Waals surface area contributed by atoms with E-state index in [1.807, 2.05) is 37.3 Å². The molecule has 0 saturated carbocycles. The minimum atomic E-state index is -0.291. The number of aromatic nitrogens is 2. The number of hydrogen-bond donors (Lipinski definition) is 1. The summed E-state index contributed by atoms with van der Waals surface area (Å²) >= 11 is 0. The van der Waals surface area contributed by atoms with Gasteiger partial charge in [0.05, 0.1) is 12.6 Å². The molecule has 3 rings (SSSR count). The molecule has 1 unspecified atom stereocenters. The van der Waals surface area contributed by atoms with Gasteiger partial charge in [-0.25, -0.2) is 14.8 Å². The van der Waals surface area contributed by atoms with Gasteiger partial charge in [-0.2, -0.15) is 0 Å². The largest absolute Gasteiger partial charge is 0.450 e. The Bertz CT molecular complexity index is 851. The van der Waals surface area contributed by atoms with Gasteiger partial charge in [-0.3, -0.25) is 4.79 Å². The second kappa shape index (κ2) is 9.36. The first kappa shape index (κ1) is 20.6. The van der Waals surface area contributed by atoms with E-state index in [1.54, 1.807) is 24.8 Å². The molecule has 0 bridgehead atoms. The number of nitrogens with one attached hydrogen (secondary N) is 1. The Kier molecular flexibility index (Phi) is 6.64. The van der Waals surface area contributed by atoms with Gasteiger partial charge >= 0.3 is 6.09 Å². The van der Waals surface area contributed by atoms with E-state index < -0.39 is 0 Å². The van der Waals surface area contributed by atoms with Crippen LogP contribution in [-0.4, -0.2) is 59.7 Å². The maximum Gasteiger partial charge on any atom is 0.409 e. The van der Waals surface area contributed by atoms with E-state index in [1.165, 1.54) is 0 Å². The average Bonchev–Trinajstić information content (AvgIpc) is 2.74. The first-order valence-corrected chi connectivity index (χ1v) is 9.86. The molecule has 2 aromatic rings. The van der Waals surface area contributed by atoms with Crippen molar-refractivity contribution in [3.8, 4) is 0 Å². The summed E-state index contributed by atoms with van der Waals surface area (Å²) in [5, 5.41) is 2.99. The summed E-state index contributed by atoms with van der Waals surface area (Å²) in [7, 11) is 0. The van der Waals surface area contributed by atoms with Crippen LogP contribution in [0.1, 0.15) is 41.8 Å². The summed E-state index contributed by atoms with van der Waals surface area (Å²) in [5.41, 5.74) is 1.37. The fourth-order valence-corrected chi connectivity index (χ4v) is 3.26. The molecule has 1 aromatic heterocycles. The van der Waals surface area contributed by atoms with E-state index >= 15 is 0 Å². The number of rotatable bonds is 5. The van der Waals surface area contributed by atoms with Gasteiger partial charge in [0.2, 0.25) is 0 Å². The standard InChI is InChI=1S/C21H27N5O3/c1-4-29-21(28)26-12-10-25(11-13-26)19-14-18(23-16(3)24-19)20(27)22-15(2)17-8-6-5-7-9-17/h5-9,14-15H,4,10-13H2,1-3H3,(H,22,27). The lowest BCUT2D eigenvalue weighted by Crippen LogP contribution is -2.49. The molecule has 1 aliphatic rings. The number of hydrogen-bond acceptors (Lipinski definition) is 6. The molecule has 8 heteroatoms. The molecular formula is C21H27N5O3. The number of aryl methyl sites for hydroxylation is 1. The van der Waals surface area contributed by atoms with Crippen molar-refractivity contribution >= 4 is 17.8 Å². The van der Waals surface area contributed by atoms with Crippen molar-refractivity contribution in [3.63, 3.8) is 0 Å². The minimum Gasteiger partial charge on any atom is -0.450 e. The van der Waals surface area contributed by atoms with Crippen LogP contribution in [0.25, 0.3) is 0 Å². The molecule has 1 aromatic carbocycles. The van der Waals surface area contributed by atoms with E-state index in [9.17, 15) is 9.59 Å². The number of nitrogens with zero attached hydrogens (tertiary/aromatic N) is 4. The lowest BCUT2D eigenvalue weighted by Gasteiger charge is -2.34. The van der Waals surface area contributed by atoms with Crippen LogP contribution < -0.4 is 10.2 Å². The van der Waals surface area contributed by atoms with Crippen LogP contribution in [0.5, 0.6) is 0 Å². The summed E-state index contributed by atoms with van der Waals surface area (Å²) in [5.74, 6) is 0.990. The molecular weight excluding hydrogens is 370 g/mol. The van der Waals surface area contributed by atoms with Crippen LogP contribution in [0.2, 0.25) is 0 Å². The maximum absolute atomic E-state index is 12.7. The van der Waals surface area contributed by atoms with E-state index in [0.717, 1.165) is 5.56 Å². The molecule has 1 aliphatic heterocycles. The van der Waals surface area contributed by atoms with Crippen LogP contribution >= 0.6 is 0 Å². The predicted octanol–water partition coefficient (Wildman–Crippen LogP) is 2.55. The average molecular weight is 397 g/mol. The van der Waals surface area contributed by atoms with Crippen molar-refractivity contribution in [3.05, 3.63) is 53.5 Å². The third kappa shape index (κ3) is 5.22. The van der Waals surface area contributed by atoms with Crippen LogP contribution in [0, 0.1) is 6.92 Å². The fraction of sp³-hybridized carbons (Fsp3) is 0.429. The quantitative estimate of drug-likeness (QED) is 0.834. The van der Waals surface area contributed by atoms with Crippen molar-refractivity contribution in [1.29, 1.82) is 0 Å². The molecule has 154 valence electrons. The maximum atomic E-state index is 12.7.